The van der Waals surface area contributed by atoms with Gasteiger partial charge in [0.1, 0.15) is 11.6 Å². The highest BCUT2D eigenvalue weighted by Gasteiger charge is 2.14. The summed E-state index contributed by atoms with van der Waals surface area (Å²) in [4.78, 5) is 14.2. The zero-order valence-electron chi connectivity index (χ0n) is 14.2. The number of rotatable bonds is 5. The molecule has 0 heterocycles. The summed E-state index contributed by atoms with van der Waals surface area (Å²) in [7, 11) is 1.81. The number of nitrogens with zero attached hydrogens (tertiary/aromatic N) is 2. The predicted octanol–water partition coefficient (Wildman–Crippen LogP) is 4.29. The van der Waals surface area contributed by atoms with Crippen molar-refractivity contribution < 1.29 is 4.79 Å². The van der Waals surface area contributed by atoms with Gasteiger partial charge < -0.3 is 10.2 Å². The minimum absolute atomic E-state index is 0.0555. The van der Waals surface area contributed by atoms with E-state index in [1.807, 2.05) is 67.7 Å². The molecule has 2 aromatic rings. The largest absolute Gasteiger partial charge is 0.350 e. The first-order valence-corrected chi connectivity index (χ1v) is 7.83. The molecule has 0 bridgehead atoms. The van der Waals surface area contributed by atoms with Crippen molar-refractivity contribution in [2.75, 3.05) is 17.3 Å². The third-order valence-corrected chi connectivity index (χ3v) is 3.68. The fraction of sp³-hybridized carbons (Fsp3) is 0.200. The van der Waals surface area contributed by atoms with Gasteiger partial charge in [-0.3, -0.25) is 4.79 Å². The SMILES string of the molecule is CC(C)c1ccccc1NC(=O)/C(C#N)=C\N(C)c1ccccc1. The highest BCUT2D eigenvalue weighted by molar-refractivity contribution is 6.07. The molecule has 0 spiro atoms. The maximum absolute atomic E-state index is 12.5. The summed E-state index contributed by atoms with van der Waals surface area (Å²) in [5, 5.41) is 12.2. The van der Waals surface area contributed by atoms with Crippen molar-refractivity contribution in [1.82, 2.24) is 0 Å². The Hall–Kier alpha value is -3.06. The van der Waals surface area contributed by atoms with Gasteiger partial charge in [0.25, 0.3) is 5.91 Å². The van der Waals surface area contributed by atoms with Crippen LogP contribution in [0.5, 0.6) is 0 Å². The van der Waals surface area contributed by atoms with Crippen LogP contribution < -0.4 is 10.2 Å². The van der Waals surface area contributed by atoms with E-state index in [2.05, 4.69) is 19.2 Å². The Morgan fingerprint density at radius 1 is 1.12 bits per heavy atom. The quantitative estimate of drug-likeness (QED) is 0.660. The first kappa shape index (κ1) is 17.3. The van der Waals surface area contributed by atoms with Crippen LogP contribution in [0.2, 0.25) is 0 Å². The number of carbonyl (C=O) groups is 1. The second-order valence-corrected chi connectivity index (χ2v) is 5.80. The summed E-state index contributed by atoms with van der Waals surface area (Å²) in [6, 6.07) is 19.2. The average Bonchev–Trinajstić information content (AvgIpc) is 2.60. The monoisotopic (exact) mass is 319 g/mol. The van der Waals surface area contributed by atoms with Gasteiger partial charge in [0, 0.05) is 24.6 Å². The Kier molecular flexibility index (Phi) is 5.75. The van der Waals surface area contributed by atoms with Gasteiger partial charge in [0.2, 0.25) is 0 Å². The van der Waals surface area contributed by atoms with E-state index in [0.29, 0.717) is 0 Å². The topological polar surface area (TPSA) is 56.1 Å². The van der Waals surface area contributed by atoms with Crippen molar-refractivity contribution in [3.05, 3.63) is 71.9 Å². The van der Waals surface area contributed by atoms with Crippen molar-refractivity contribution in [3.8, 4) is 6.07 Å². The van der Waals surface area contributed by atoms with Crippen molar-refractivity contribution in [2.24, 2.45) is 0 Å². The Morgan fingerprint density at radius 2 is 1.75 bits per heavy atom. The summed E-state index contributed by atoms with van der Waals surface area (Å²) < 4.78 is 0. The molecule has 4 heteroatoms. The molecule has 122 valence electrons. The first-order chi connectivity index (χ1) is 11.5. The van der Waals surface area contributed by atoms with Crippen LogP contribution in [-0.4, -0.2) is 13.0 Å². The van der Waals surface area contributed by atoms with Gasteiger partial charge in [-0.05, 0) is 29.7 Å². The van der Waals surface area contributed by atoms with E-state index in [1.165, 1.54) is 0 Å². The average molecular weight is 319 g/mol. The lowest BCUT2D eigenvalue weighted by Gasteiger charge is -2.16. The number of anilines is 2. The Bertz CT molecular complexity index is 773. The molecule has 0 aliphatic rings. The molecule has 0 radical (unpaired) electrons. The number of amides is 1. The second kappa shape index (κ2) is 7.98. The molecular formula is C20H21N3O. The fourth-order valence-electron chi connectivity index (χ4n) is 2.37. The number of hydrogen-bond acceptors (Lipinski definition) is 3. The van der Waals surface area contributed by atoms with E-state index in [1.54, 1.807) is 11.1 Å². The van der Waals surface area contributed by atoms with Gasteiger partial charge in [0.05, 0.1) is 0 Å². The Morgan fingerprint density at radius 3 is 2.38 bits per heavy atom. The molecule has 24 heavy (non-hydrogen) atoms. The maximum atomic E-state index is 12.5. The van der Waals surface area contributed by atoms with Gasteiger partial charge in [-0.1, -0.05) is 50.2 Å². The standard InChI is InChI=1S/C20H21N3O/c1-15(2)18-11-7-8-12-19(18)22-20(24)16(13-21)14-23(3)17-9-5-4-6-10-17/h4-12,14-15H,1-3H3,(H,22,24)/b16-14-. The molecule has 0 aromatic heterocycles. The van der Waals surface area contributed by atoms with E-state index in [0.717, 1.165) is 16.9 Å². The summed E-state index contributed by atoms with van der Waals surface area (Å²) in [5.41, 5.74) is 2.74. The summed E-state index contributed by atoms with van der Waals surface area (Å²) >= 11 is 0. The van der Waals surface area contributed by atoms with Gasteiger partial charge in [0.15, 0.2) is 0 Å². The number of hydrogen-bond donors (Lipinski definition) is 1. The number of carbonyl (C=O) groups excluding carboxylic acids is 1. The zero-order valence-corrected chi connectivity index (χ0v) is 14.2. The van der Waals surface area contributed by atoms with Crippen LogP contribution in [0.3, 0.4) is 0 Å². The molecule has 0 atom stereocenters. The molecule has 0 saturated heterocycles. The van der Waals surface area contributed by atoms with E-state index in [4.69, 9.17) is 0 Å². The summed E-state index contributed by atoms with van der Waals surface area (Å²) in [6.07, 6.45) is 1.54. The van der Waals surface area contributed by atoms with E-state index in [-0.39, 0.29) is 11.5 Å². The second-order valence-electron chi connectivity index (χ2n) is 5.80. The smallest absolute Gasteiger partial charge is 0.267 e. The molecule has 0 aliphatic heterocycles. The van der Waals surface area contributed by atoms with Gasteiger partial charge >= 0.3 is 0 Å². The molecule has 1 N–H and O–H groups in total. The maximum Gasteiger partial charge on any atom is 0.267 e. The lowest BCUT2D eigenvalue weighted by molar-refractivity contribution is -0.112. The third kappa shape index (κ3) is 4.23. The van der Waals surface area contributed by atoms with Crippen LogP contribution in [0.25, 0.3) is 0 Å². The molecule has 2 rings (SSSR count). The van der Waals surface area contributed by atoms with Crippen molar-refractivity contribution in [1.29, 1.82) is 5.26 Å². The summed E-state index contributed by atoms with van der Waals surface area (Å²) in [6.45, 7) is 4.13. The Balaban J connectivity index is 2.21. The van der Waals surface area contributed by atoms with Crippen molar-refractivity contribution >= 4 is 17.3 Å². The third-order valence-electron chi connectivity index (χ3n) is 3.68. The highest BCUT2D eigenvalue weighted by atomic mass is 16.1. The zero-order chi connectivity index (χ0) is 17.5. The van der Waals surface area contributed by atoms with E-state index >= 15 is 0 Å². The van der Waals surface area contributed by atoms with Crippen LogP contribution in [0.4, 0.5) is 11.4 Å². The van der Waals surface area contributed by atoms with E-state index in [9.17, 15) is 10.1 Å². The van der Waals surface area contributed by atoms with Gasteiger partial charge in [-0.25, -0.2) is 0 Å². The van der Waals surface area contributed by atoms with Crippen LogP contribution in [0, 0.1) is 11.3 Å². The van der Waals surface area contributed by atoms with Gasteiger partial charge in [-0.15, -0.1) is 0 Å². The van der Waals surface area contributed by atoms with Crippen molar-refractivity contribution in [3.63, 3.8) is 0 Å². The van der Waals surface area contributed by atoms with Crippen LogP contribution in [0.1, 0.15) is 25.3 Å². The van der Waals surface area contributed by atoms with Crippen LogP contribution in [0.15, 0.2) is 66.4 Å². The molecule has 4 nitrogen and oxygen atoms in total. The summed E-state index contributed by atoms with van der Waals surface area (Å²) in [5.74, 6) is -0.128. The first-order valence-electron chi connectivity index (χ1n) is 7.83. The minimum atomic E-state index is -0.409. The normalized spacial score (nSPS) is 11.0. The predicted molar refractivity (Wildman–Crippen MR) is 97.7 cm³/mol. The fourth-order valence-corrected chi connectivity index (χ4v) is 2.37. The van der Waals surface area contributed by atoms with Crippen molar-refractivity contribution in [2.45, 2.75) is 19.8 Å². The highest BCUT2D eigenvalue weighted by Crippen LogP contribution is 2.24. The van der Waals surface area contributed by atoms with Crippen LogP contribution >= 0.6 is 0 Å². The molecule has 0 aliphatic carbocycles. The molecule has 1 amide bonds. The number of nitriles is 1. The van der Waals surface area contributed by atoms with E-state index < -0.39 is 5.91 Å². The molecular weight excluding hydrogens is 298 g/mol. The lowest BCUT2D eigenvalue weighted by Crippen LogP contribution is -2.18. The number of para-hydroxylation sites is 2. The molecule has 0 saturated carbocycles. The van der Waals surface area contributed by atoms with Gasteiger partial charge in [-0.2, -0.15) is 5.26 Å². The molecule has 0 fully saturated rings. The number of benzene rings is 2. The molecule has 0 unspecified atom stereocenters. The molecule has 2 aromatic carbocycles. The minimum Gasteiger partial charge on any atom is -0.350 e. The van der Waals surface area contributed by atoms with Crippen LogP contribution in [-0.2, 0) is 4.79 Å². The Labute approximate surface area is 143 Å². The number of nitrogens with one attached hydrogen (secondary N) is 1. The lowest BCUT2D eigenvalue weighted by atomic mass is 10.0.